The summed E-state index contributed by atoms with van der Waals surface area (Å²) in [7, 11) is 4.17. The molecule has 4 heteroatoms. The van der Waals surface area contributed by atoms with Crippen LogP contribution in [0.2, 0.25) is 0 Å². The molecule has 0 bridgehead atoms. The molecule has 1 aliphatic heterocycles. The van der Waals surface area contributed by atoms with Crippen LogP contribution in [-0.4, -0.2) is 53.9 Å². The Morgan fingerprint density at radius 3 is 2.61 bits per heavy atom. The zero-order valence-corrected chi connectivity index (χ0v) is 14.6. The lowest BCUT2D eigenvalue weighted by Gasteiger charge is -2.22. The van der Waals surface area contributed by atoms with Crippen LogP contribution in [0.15, 0.2) is 24.3 Å². The van der Waals surface area contributed by atoms with E-state index in [1.165, 1.54) is 5.56 Å². The molecule has 3 rings (SSSR count). The van der Waals surface area contributed by atoms with Crippen LogP contribution in [0.1, 0.15) is 28.5 Å². The van der Waals surface area contributed by atoms with Gasteiger partial charge in [-0.1, -0.05) is 19.1 Å². The maximum atomic E-state index is 13.0. The maximum Gasteiger partial charge on any atom is 0.255 e. The van der Waals surface area contributed by atoms with Crippen LogP contribution in [0.25, 0.3) is 10.9 Å². The number of hydrogen-bond acceptors (Lipinski definition) is 3. The second-order valence-corrected chi connectivity index (χ2v) is 7.04. The van der Waals surface area contributed by atoms with Gasteiger partial charge in [0.1, 0.15) is 0 Å². The number of benzene rings is 1. The highest BCUT2D eigenvalue weighted by Crippen LogP contribution is 2.24. The normalized spacial score (nSPS) is 21.4. The Morgan fingerprint density at radius 1 is 1.22 bits per heavy atom. The van der Waals surface area contributed by atoms with E-state index in [4.69, 9.17) is 0 Å². The minimum atomic E-state index is 0.105. The van der Waals surface area contributed by atoms with Crippen LogP contribution in [0.3, 0.4) is 0 Å². The molecule has 0 radical (unpaired) electrons. The molecule has 1 aromatic heterocycles. The predicted octanol–water partition coefficient (Wildman–Crippen LogP) is 2.87. The Bertz CT molecular complexity index is 754. The fraction of sp³-hybridized carbons (Fsp3) is 0.474. The summed E-state index contributed by atoms with van der Waals surface area (Å²) in [6.45, 7) is 7.80. The zero-order valence-electron chi connectivity index (χ0n) is 14.6. The fourth-order valence-electron chi connectivity index (χ4n) is 3.55. The summed E-state index contributed by atoms with van der Waals surface area (Å²) >= 11 is 0. The lowest BCUT2D eigenvalue weighted by molar-refractivity contribution is 0.0780. The molecule has 0 N–H and O–H groups in total. The van der Waals surface area contributed by atoms with Crippen LogP contribution in [0, 0.1) is 19.8 Å². The summed E-state index contributed by atoms with van der Waals surface area (Å²) in [6.07, 6.45) is 0. The third-order valence-electron chi connectivity index (χ3n) is 4.92. The van der Waals surface area contributed by atoms with Crippen molar-refractivity contribution in [3.8, 4) is 0 Å². The standard InChI is InChI=1S/C19H25N3O/c1-12-6-7-15-9-16(14(3)20-17(15)8-12)19(23)22-10-13(2)18(11-22)21(4)5/h6-9,13,18H,10-11H2,1-5H3/t13-,18+/m0/s1. The molecule has 4 nitrogen and oxygen atoms in total. The van der Waals surface area contributed by atoms with Crippen molar-refractivity contribution in [1.29, 1.82) is 0 Å². The smallest absolute Gasteiger partial charge is 0.255 e. The molecule has 122 valence electrons. The van der Waals surface area contributed by atoms with Crippen LogP contribution in [-0.2, 0) is 0 Å². The van der Waals surface area contributed by atoms with Gasteiger partial charge in [-0.25, -0.2) is 0 Å². The van der Waals surface area contributed by atoms with Crippen molar-refractivity contribution in [2.24, 2.45) is 5.92 Å². The van der Waals surface area contributed by atoms with Crippen molar-refractivity contribution < 1.29 is 4.79 Å². The van der Waals surface area contributed by atoms with E-state index in [2.05, 4.69) is 50.0 Å². The number of hydrogen-bond donors (Lipinski definition) is 0. The van der Waals surface area contributed by atoms with Gasteiger partial charge in [0.05, 0.1) is 16.8 Å². The molecular weight excluding hydrogens is 286 g/mol. The molecule has 0 spiro atoms. The molecule has 2 atom stereocenters. The summed E-state index contributed by atoms with van der Waals surface area (Å²) in [5.74, 6) is 0.596. The van der Waals surface area contributed by atoms with Gasteiger partial charge in [-0.2, -0.15) is 0 Å². The number of pyridine rings is 1. The lowest BCUT2D eigenvalue weighted by Crippen LogP contribution is -2.36. The van der Waals surface area contributed by atoms with E-state index in [-0.39, 0.29) is 5.91 Å². The zero-order chi connectivity index (χ0) is 16.7. The Kier molecular flexibility index (Phi) is 4.11. The Hall–Kier alpha value is -1.94. The Morgan fingerprint density at radius 2 is 1.96 bits per heavy atom. The van der Waals surface area contributed by atoms with Gasteiger partial charge >= 0.3 is 0 Å². The quantitative estimate of drug-likeness (QED) is 0.855. The largest absolute Gasteiger partial charge is 0.337 e. The first kappa shape index (κ1) is 15.9. The molecule has 1 amide bonds. The van der Waals surface area contributed by atoms with E-state index < -0.39 is 0 Å². The number of aryl methyl sites for hydroxylation is 2. The lowest BCUT2D eigenvalue weighted by atomic mass is 10.1. The molecule has 0 aliphatic carbocycles. The molecule has 1 aliphatic rings. The summed E-state index contributed by atoms with van der Waals surface area (Å²) in [4.78, 5) is 21.8. The highest BCUT2D eigenvalue weighted by atomic mass is 16.2. The molecular formula is C19H25N3O. The summed E-state index contributed by atoms with van der Waals surface area (Å²) in [6, 6.07) is 8.59. The number of fused-ring (bicyclic) bond motifs is 1. The number of likely N-dealkylation sites (tertiary alicyclic amines) is 1. The van der Waals surface area contributed by atoms with Crippen LogP contribution < -0.4 is 0 Å². The first-order valence-electron chi connectivity index (χ1n) is 8.20. The van der Waals surface area contributed by atoms with Gasteiger partial charge in [0.2, 0.25) is 0 Å². The number of aromatic nitrogens is 1. The molecule has 1 aromatic carbocycles. The number of likely N-dealkylation sites (N-methyl/N-ethyl adjacent to an activating group) is 1. The van der Waals surface area contributed by atoms with E-state index in [9.17, 15) is 4.79 Å². The number of amides is 1. The second kappa shape index (κ2) is 5.93. The SMILES string of the molecule is Cc1ccc2cc(C(=O)N3C[C@@H](N(C)C)[C@@H](C)C3)c(C)nc2c1. The van der Waals surface area contributed by atoms with Crippen molar-refractivity contribution in [3.63, 3.8) is 0 Å². The average molecular weight is 311 g/mol. The van der Waals surface area contributed by atoms with Gasteiger partial charge < -0.3 is 9.80 Å². The van der Waals surface area contributed by atoms with Gasteiger partial charge in [-0.3, -0.25) is 9.78 Å². The Labute approximate surface area is 138 Å². The Balaban J connectivity index is 1.92. The van der Waals surface area contributed by atoms with Gasteiger partial charge in [0.25, 0.3) is 5.91 Å². The first-order valence-corrected chi connectivity index (χ1v) is 8.20. The van der Waals surface area contributed by atoms with Crippen LogP contribution in [0.5, 0.6) is 0 Å². The first-order chi connectivity index (χ1) is 10.9. The number of rotatable bonds is 2. The molecule has 1 fully saturated rings. The van der Waals surface area contributed by atoms with Gasteiger partial charge in [0.15, 0.2) is 0 Å². The van der Waals surface area contributed by atoms with Gasteiger partial charge in [0, 0.05) is 24.5 Å². The highest BCUT2D eigenvalue weighted by Gasteiger charge is 2.34. The third kappa shape index (κ3) is 2.95. The number of carbonyl (C=O) groups is 1. The molecule has 2 aromatic rings. The molecule has 23 heavy (non-hydrogen) atoms. The number of carbonyl (C=O) groups excluding carboxylic acids is 1. The summed E-state index contributed by atoms with van der Waals surface area (Å²) in [5.41, 5.74) is 3.69. The topological polar surface area (TPSA) is 36.4 Å². The minimum absolute atomic E-state index is 0.105. The molecule has 0 saturated carbocycles. The van der Waals surface area contributed by atoms with Crippen molar-refractivity contribution in [3.05, 3.63) is 41.1 Å². The summed E-state index contributed by atoms with van der Waals surface area (Å²) in [5, 5.41) is 1.03. The van der Waals surface area contributed by atoms with E-state index >= 15 is 0 Å². The predicted molar refractivity (Wildman–Crippen MR) is 93.8 cm³/mol. The third-order valence-corrected chi connectivity index (χ3v) is 4.92. The minimum Gasteiger partial charge on any atom is -0.337 e. The van der Waals surface area contributed by atoms with E-state index in [0.717, 1.165) is 35.2 Å². The van der Waals surface area contributed by atoms with Crippen molar-refractivity contribution in [2.45, 2.75) is 26.8 Å². The van der Waals surface area contributed by atoms with Gasteiger partial charge in [-0.05, 0) is 51.6 Å². The molecule has 0 unspecified atom stereocenters. The van der Waals surface area contributed by atoms with E-state index in [1.54, 1.807) is 0 Å². The van der Waals surface area contributed by atoms with Crippen molar-refractivity contribution in [1.82, 2.24) is 14.8 Å². The fourth-order valence-corrected chi connectivity index (χ4v) is 3.55. The van der Waals surface area contributed by atoms with Crippen LogP contribution in [0.4, 0.5) is 0 Å². The maximum absolute atomic E-state index is 13.0. The van der Waals surface area contributed by atoms with Crippen molar-refractivity contribution in [2.75, 3.05) is 27.2 Å². The highest BCUT2D eigenvalue weighted by molar-refractivity contribution is 5.98. The van der Waals surface area contributed by atoms with Crippen molar-refractivity contribution >= 4 is 16.8 Å². The second-order valence-electron chi connectivity index (χ2n) is 7.04. The monoisotopic (exact) mass is 311 g/mol. The number of nitrogens with zero attached hydrogens (tertiary/aromatic N) is 3. The van der Waals surface area contributed by atoms with E-state index in [0.29, 0.717) is 12.0 Å². The summed E-state index contributed by atoms with van der Waals surface area (Å²) < 4.78 is 0. The van der Waals surface area contributed by atoms with E-state index in [1.807, 2.05) is 24.0 Å². The molecule has 2 heterocycles. The molecule has 1 saturated heterocycles. The average Bonchev–Trinajstić information content (AvgIpc) is 2.88. The van der Waals surface area contributed by atoms with Gasteiger partial charge in [-0.15, -0.1) is 0 Å². The van der Waals surface area contributed by atoms with Crippen LogP contribution >= 0.6 is 0 Å².